The zero-order valence-corrected chi connectivity index (χ0v) is 7.99. The van der Waals surface area contributed by atoms with Crippen LogP contribution in [0.4, 0.5) is 0 Å². The number of hydrogen-bond donors (Lipinski definition) is 3. The van der Waals surface area contributed by atoms with E-state index in [2.05, 4.69) is 0 Å². The van der Waals surface area contributed by atoms with Gasteiger partial charge in [-0.2, -0.15) is 0 Å². The van der Waals surface area contributed by atoms with Gasteiger partial charge in [0.1, 0.15) is 0 Å². The van der Waals surface area contributed by atoms with Crippen molar-refractivity contribution in [2.45, 2.75) is 25.5 Å². The van der Waals surface area contributed by atoms with E-state index in [0.29, 0.717) is 6.54 Å². The summed E-state index contributed by atoms with van der Waals surface area (Å²) in [6.07, 6.45) is -0.735. The minimum absolute atomic E-state index is 0.0294. The molecule has 0 amide bonds. The highest BCUT2D eigenvalue weighted by Crippen LogP contribution is 2.10. The molecule has 12 heavy (non-hydrogen) atoms. The normalized spacial score (nSPS) is 15.2. The Bertz CT molecular complexity index is 127. The zero-order chi connectivity index (χ0) is 9.78. The summed E-state index contributed by atoms with van der Waals surface area (Å²) in [4.78, 5) is 1.81. The van der Waals surface area contributed by atoms with E-state index in [4.69, 9.17) is 15.3 Å². The Hall–Kier alpha value is -0.160. The van der Waals surface area contributed by atoms with Crippen LogP contribution in [0.1, 0.15) is 13.8 Å². The van der Waals surface area contributed by atoms with Crippen molar-refractivity contribution in [2.75, 3.05) is 26.8 Å². The molecular weight excluding hydrogens is 158 g/mol. The van der Waals surface area contributed by atoms with Gasteiger partial charge < -0.3 is 15.3 Å². The lowest BCUT2D eigenvalue weighted by Gasteiger charge is -2.34. The van der Waals surface area contributed by atoms with Crippen LogP contribution in [-0.2, 0) is 0 Å². The Kier molecular flexibility index (Phi) is 4.70. The van der Waals surface area contributed by atoms with E-state index in [9.17, 15) is 0 Å². The fraction of sp³-hybridized carbons (Fsp3) is 1.00. The van der Waals surface area contributed by atoms with E-state index in [1.165, 1.54) is 0 Å². The first-order chi connectivity index (χ1) is 5.44. The maximum absolute atomic E-state index is 9.11. The molecule has 0 aromatic rings. The van der Waals surface area contributed by atoms with E-state index in [-0.39, 0.29) is 18.8 Å². The zero-order valence-electron chi connectivity index (χ0n) is 7.99. The average Bonchev–Trinajstić information content (AvgIpc) is 2.04. The first kappa shape index (κ1) is 11.8. The van der Waals surface area contributed by atoms with Crippen molar-refractivity contribution in [3.05, 3.63) is 0 Å². The molecule has 0 saturated heterocycles. The molecule has 0 aromatic carbocycles. The topological polar surface area (TPSA) is 63.9 Å². The summed E-state index contributed by atoms with van der Waals surface area (Å²) in [7, 11) is 1.80. The third-order valence-electron chi connectivity index (χ3n) is 2.12. The number of β-amino-alcohol motifs (C(OH)–C–C–N with tert-alkyl or cyclic N) is 1. The van der Waals surface area contributed by atoms with E-state index < -0.39 is 6.10 Å². The molecular formula is C8H19NO3. The van der Waals surface area contributed by atoms with Crippen LogP contribution in [0.3, 0.4) is 0 Å². The van der Waals surface area contributed by atoms with Gasteiger partial charge in [-0.3, -0.25) is 4.90 Å². The second kappa shape index (κ2) is 4.77. The van der Waals surface area contributed by atoms with Crippen LogP contribution < -0.4 is 0 Å². The molecule has 0 rings (SSSR count). The molecule has 0 bridgehead atoms. The number of aliphatic hydroxyl groups is 3. The van der Waals surface area contributed by atoms with Crippen LogP contribution >= 0.6 is 0 Å². The molecule has 1 unspecified atom stereocenters. The Morgan fingerprint density at radius 1 is 1.33 bits per heavy atom. The van der Waals surface area contributed by atoms with Crippen molar-refractivity contribution in [3.8, 4) is 0 Å². The smallest absolute Gasteiger partial charge is 0.0897 e. The SMILES string of the molecule is CN(CC(O)CO)C(C)(C)CO. The molecule has 0 aliphatic heterocycles. The van der Waals surface area contributed by atoms with Crippen molar-refractivity contribution >= 4 is 0 Å². The van der Waals surface area contributed by atoms with E-state index >= 15 is 0 Å². The van der Waals surface area contributed by atoms with Crippen LogP contribution in [0.25, 0.3) is 0 Å². The molecule has 0 fully saturated rings. The molecule has 0 saturated carbocycles. The second-order valence-electron chi connectivity index (χ2n) is 3.69. The molecule has 0 spiro atoms. The summed E-state index contributed by atoms with van der Waals surface area (Å²) < 4.78 is 0. The van der Waals surface area contributed by atoms with Gasteiger partial charge in [0.15, 0.2) is 0 Å². The number of likely N-dealkylation sites (N-methyl/N-ethyl adjacent to an activating group) is 1. The molecule has 0 heterocycles. The van der Waals surface area contributed by atoms with Gasteiger partial charge in [-0.1, -0.05) is 0 Å². The molecule has 4 heteroatoms. The summed E-state index contributed by atoms with van der Waals surface area (Å²) in [6, 6.07) is 0. The highest BCUT2D eigenvalue weighted by Gasteiger charge is 2.23. The molecule has 0 radical (unpaired) electrons. The van der Waals surface area contributed by atoms with Gasteiger partial charge in [0.2, 0.25) is 0 Å². The lowest BCUT2D eigenvalue weighted by atomic mass is 10.0. The maximum atomic E-state index is 9.11. The van der Waals surface area contributed by atoms with Gasteiger partial charge in [0.05, 0.1) is 19.3 Å². The van der Waals surface area contributed by atoms with Crippen LogP contribution in [0.2, 0.25) is 0 Å². The predicted molar refractivity (Wildman–Crippen MR) is 46.9 cm³/mol. The minimum atomic E-state index is -0.735. The number of nitrogens with zero attached hydrogens (tertiary/aromatic N) is 1. The average molecular weight is 177 g/mol. The Labute approximate surface area is 73.4 Å². The Morgan fingerprint density at radius 3 is 2.17 bits per heavy atom. The summed E-state index contributed by atoms with van der Waals surface area (Å²) in [6.45, 7) is 3.89. The van der Waals surface area contributed by atoms with E-state index in [1.54, 1.807) is 7.05 Å². The monoisotopic (exact) mass is 177 g/mol. The number of aliphatic hydroxyl groups excluding tert-OH is 3. The van der Waals surface area contributed by atoms with Crippen molar-refractivity contribution in [1.29, 1.82) is 0 Å². The Morgan fingerprint density at radius 2 is 1.83 bits per heavy atom. The summed E-state index contributed by atoms with van der Waals surface area (Å²) in [5, 5.41) is 26.7. The lowest BCUT2D eigenvalue weighted by Crippen LogP contribution is -2.48. The van der Waals surface area contributed by atoms with Gasteiger partial charge in [-0.25, -0.2) is 0 Å². The fourth-order valence-electron chi connectivity index (χ4n) is 0.742. The highest BCUT2D eigenvalue weighted by atomic mass is 16.3. The van der Waals surface area contributed by atoms with Crippen LogP contribution in [0.15, 0.2) is 0 Å². The van der Waals surface area contributed by atoms with Gasteiger partial charge in [-0.15, -0.1) is 0 Å². The molecule has 0 aliphatic rings. The first-order valence-electron chi connectivity index (χ1n) is 4.05. The summed E-state index contributed by atoms with van der Waals surface area (Å²) in [5.41, 5.74) is -0.351. The second-order valence-corrected chi connectivity index (χ2v) is 3.69. The molecule has 1 atom stereocenters. The van der Waals surface area contributed by atoms with E-state index in [0.717, 1.165) is 0 Å². The van der Waals surface area contributed by atoms with Crippen molar-refractivity contribution in [1.82, 2.24) is 4.90 Å². The standard InChI is InChI=1S/C8H19NO3/c1-8(2,6-11)9(3)4-7(12)5-10/h7,10-12H,4-6H2,1-3H3. The van der Waals surface area contributed by atoms with Crippen LogP contribution in [0.5, 0.6) is 0 Å². The van der Waals surface area contributed by atoms with Crippen molar-refractivity contribution < 1.29 is 15.3 Å². The predicted octanol–water partition coefficient (Wildman–Crippen LogP) is -0.958. The number of rotatable bonds is 5. The quantitative estimate of drug-likeness (QED) is 0.506. The maximum Gasteiger partial charge on any atom is 0.0897 e. The van der Waals surface area contributed by atoms with Crippen molar-refractivity contribution in [2.24, 2.45) is 0 Å². The van der Waals surface area contributed by atoms with Gasteiger partial charge in [-0.05, 0) is 20.9 Å². The molecule has 4 nitrogen and oxygen atoms in total. The highest BCUT2D eigenvalue weighted by molar-refractivity contribution is 4.79. The molecule has 3 N–H and O–H groups in total. The molecule has 0 aromatic heterocycles. The minimum Gasteiger partial charge on any atom is -0.394 e. The molecule has 0 aliphatic carbocycles. The summed E-state index contributed by atoms with van der Waals surface area (Å²) in [5.74, 6) is 0. The van der Waals surface area contributed by atoms with Crippen LogP contribution in [-0.4, -0.2) is 58.7 Å². The molecule has 74 valence electrons. The first-order valence-corrected chi connectivity index (χ1v) is 4.05. The summed E-state index contributed by atoms with van der Waals surface area (Å²) >= 11 is 0. The van der Waals surface area contributed by atoms with Crippen molar-refractivity contribution in [3.63, 3.8) is 0 Å². The van der Waals surface area contributed by atoms with Crippen LogP contribution in [0, 0.1) is 0 Å². The Balaban J connectivity index is 3.93. The number of hydrogen-bond acceptors (Lipinski definition) is 4. The third kappa shape index (κ3) is 3.49. The lowest BCUT2D eigenvalue weighted by molar-refractivity contribution is 0.0148. The third-order valence-corrected chi connectivity index (χ3v) is 2.12. The van der Waals surface area contributed by atoms with Gasteiger partial charge in [0, 0.05) is 12.1 Å². The van der Waals surface area contributed by atoms with E-state index in [1.807, 2.05) is 18.7 Å². The largest absolute Gasteiger partial charge is 0.394 e. The fourth-order valence-corrected chi connectivity index (χ4v) is 0.742. The van der Waals surface area contributed by atoms with Gasteiger partial charge >= 0.3 is 0 Å². The van der Waals surface area contributed by atoms with Gasteiger partial charge in [0.25, 0.3) is 0 Å².